The highest BCUT2D eigenvalue weighted by Gasteiger charge is 2.47. The van der Waals surface area contributed by atoms with Crippen molar-refractivity contribution in [3.8, 4) is 0 Å². The lowest BCUT2D eigenvalue weighted by atomic mass is 9.84. The van der Waals surface area contributed by atoms with Gasteiger partial charge >= 0.3 is 11.9 Å². The van der Waals surface area contributed by atoms with Crippen molar-refractivity contribution in [3.63, 3.8) is 0 Å². The smallest absolute Gasteiger partial charge is 0.311 e. The van der Waals surface area contributed by atoms with Crippen molar-refractivity contribution in [1.29, 1.82) is 0 Å². The first-order valence-electron chi connectivity index (χ1n) is 23.1. The van der Waals surface area contributed by atoms with Gasteiger partial charge in [0.05, 0.1) is 54.6 Å². The van der Waals surface area contributed by atoms with E-state index >= 15 is 0 Å². The Balaban J connectivity index is 1.33. The highest BCUT2D eigenvalue weighted by atomic mass is 28.4. The van der Waals surface area contributed by atoms with Gasteiger partial charge in [0, 0.05) is 24.3 Å². The summed E-state index contributed by atoms with van der Waals surface area (Å²) in [5, 5.41) is 0.0757. The van der Waals surface area contributed by atoms with E-state index in [-0.39, 0.29) is 96.1 Å². The number of carbonyl (C=O) groups excluding carboxylic acids is 2. The number of hydrogen-bond acceptors (Lipinski definition) is 9. The Morgan fingerprint density at radius 3 is 1.86 bits per heavy atom. The number of nitrogens with zero attached hydrogens (tertiary/aromatic N) is 1. The van der Waals surface area contributed by atoms with Gasteiger partial charge in [-0.2, -0.15) is 0 Å². The molecule has 9 nitrogen and oxygen atoms in total. The van der Waals surface area contributed by atoms with Crippen molar-refractivity contribution < 1.29 is 37.7 Å². The van der Waals surface area contributed by atoms with Crippen LogP contribution < -0.4 is 0 Å². The molecular weight excluding hydrogens is 747 g/mol. The van der Waals surface area contributed by atoms with E-state index in [4.69, 9.17) is 28.1 Å². The minimum atomic E-state index is -2.12. The van der Waals surface area contributed by atoms with Crippen LogP contribution in [0.25, 0.3) is 0 Å². The molecule has 1 aromatic rings. The molecule has 0 amide bonds. The lowest BCUT2D eigenvalue weighted by molar-refractivity contribution is -0.162. The Morgan fingerprint density at radius 1 is 0.741 bits per heavy atom. The molecule has 3 saturated heterocycles. The van der Waals surface area contributed by atoms with Crippen LogP contribution in [0.1, 0.15) is 145 Å². The second kappa shape index (κ2) is 22.3. The van der Waals surface area contributed by atoms with Gasteiger partial charge in [-0.1, -0.05) is 91.6 Å². The average molecular weight is 830 g/mol. The Kier molecular flexibility index (Phi) is 18.8. The van der Waals surface area contributed by atoms with Crippen LogP contribution >= 0.6 is 0 Å². The molecule has 13 atom stereocenters. The predicted molar refractivity (Wildman–Crippen MR) is 235 cm³/mol. The molecule has 332 valence electrons. The third kappa shape index (κ3) is 13.6. The van der Waals surface area contributed by atoms with Crippen LogP contribution in [0.5, 0.6) is 0 Å². The summed E-state index contributed by atoms with van der Waals surface area (Å²) in [6.07, 6.45) is 11.0. The minimum absolute atomic E-state index is 0.00558. The molecule has 0 aliphatic carbocycles. The fraction of sp³-hybridized carbons (Fsp3) is 0.833. The van der Waals surface area contributed by atoms with Gasteiger partial charge in [-0.25, -0.2) is 0 Å². The first-order chi connectivity index (χ1) is 27.3. The maximum Gasteiger partial charge on any atom is 0.311 e. The van der Waals surface area contributed by atoms with Crippen LogP contribution in [0.15, 0.2) is 30.3 Å². The van der Waals surface area contributed by atoms with Crippen LogP contribution in [0.3, 0.4) is 0 Å². The Morgan fingerprint density at radius 2 is 1.26 bits per heavy atom. The molecule has 3 aliphatic rings. The van der Waals surface area contributed by atoms with E-state index < -0.39 is 8.32 Å². The monoisotopic (exact) mass is 830 g/mol. The number of hydrogen-bond donors (Lipinski definition) is 0. The lowest BCUT2D eigenvalue weighted by Crippen LogP contribution is -2.51. The predicted octanol–water partition coefficient (Wildman–Crippen LogP) is 10.5. The number of esters is 2. The van der Waals surface area contributed by atoms with E-state index in [2.05, 4.69) is 80.6 Å². The minimum Gasteiger partial charge on any atom is -0.462 e. The van der Waals surface area contributed by atoms with Gasteiger partial charge in [-0.05, 0) is 109 Å². The molecule has 10 heteroatoms. The third-order valence-corrected chi connectivity index (χ3v) is 18.7. The third-order valence-electron chi connectivity index (χ3n) is 14.2. The summed E-state index contributed by atoms with van der Waals surface area (Å²) >= 11 is 0. The van der Waals surface area contributed by atoms with Crippen LogP contribution in [-0.4, -0.2) is 94.1 Å². The molecule has 0 unspecified atom stereocenters. The molecule has 58 heavy (non-hydrogen) atoms. The van der Waals surface area contributed by atoms with Crippen molar-refractivity contribution in [3.05, 3.63) is 35.9 Å². The Hall–Kier alpha value is -1.82. The van der Waals surface area contributed by atoms with Crippen LogP contribution in [0, 0.1) is 23.7 Å². The maximum absolute atomic E-state index is 13.8. The van der Waals surface area contributed by atoms with E-state index in [1.807, 2.05) is 44.2 Å². The highest BCUT2D eigenvalue weighted by molar-refractivity contribution is 6.74. The fourth-order valence-corrected chi connectivity index (χ4v) is 10.6. The summed E-state index contributed by atoms with van der Waals surface area (Å²) < 4.78 is 39.3. The molecule has 3 fully saturated rings. The standard InChI is InChI=1S/C48H83NO8Si/c1-14-19-37(49(10)11)29-39-23-25-41(53-39)32(3)45(57-58(12,13)48(7,8)9)33(4)42-27-28-44(56-42)35(6)47(51)55-38(20-15-2)30-40-24-26-43(54-40)34(5)46(50)52-31-36-21-17-16-18-22-36/h16-18,21-22,32-35,37-45H,14-15,19-20,23-31H2,1-13H3/t32-,33-,34-,35+,37+,38-,39-,40-,41+,42-,43+,44+,45-/m0/s1. The van der Waals surface area contributed by atoms with Gasteiger partial charge in [0.1, 0.15) is 12.7 Å². The van der Waals surface area contributed by atoms with Crippen molar-refractivity contribution in [2.45, 2.75) is 219 Å². The molecule has 0 N–H and O–H groups in total. The molecule has 0 aromatic heterocycles. The summed E-state index contributed by atoms with van der Waals surface area (Å²) in [4.78, 5) is 29.0. The van der Waals surface area contributed by atoms with Crippen LogP contribution in [0.4, 0.5) is 0 Å². The van der Waals surface area contributed by atoms with E-state index in [0.29, 0.717) is 12.5 Å². The first kappa shape index (κ1) is 48.8. The quantitative estimate of drug-likeness (QED) is 0.0836. The Labute approximate surface area is 354 Å². The molecule has 4 rings (SSSR count). The maximum atomic E-state index is 13.8. The topological polar surface area (TPSA) is 92.8 Å². The Bertz CT molecular complexity index is 1390. The van der Waals surface area contributed by atoms with E-state index in [1.54, 1.807) is 0 Å². The summed E-state index contributed by atoms with van der Waals surface area (Å²) in [6.45, 7) is 24.8. The summed E-state index contributed by atoms with van der Waals surface area (Å²) in [6, 6.07) is 10.3. The largest absolute Gasteiger partial charge is 0.462 e. The van der Waals surface area contributed by atoms with E-state index in [0.717, 1.165) is 63.4 Å². The van der Waals surface area contributed by atoms with Crippen LogP contribution in [-0.2, 0) is 44.3 Å². The van der Waals surface area contributed by atoms with Gasteiger partial charge in [-0.3, -0.25) is 9.59 Å². The van der Waals surface area contributed by atoms with Crippen molar-refractivity contribution in [2.75, 3.05) is 14.1 Å². The summed E-state index contributed by atoms with van der Waals surface area (Å²) in [5.41, 5.74) is 0.966. The number of ether oxygens (including phenoxy) is 5. The van der Waals surface area contributed by atoms with Gasteiger partial charge in [0.25, 0.3) is 0 Å². The molecule has 0 spiro atoms. The van der Waals surface area contributed by atoms with E-state index in [9.17, 15) is 9.59 Å². The van der Waals surface area contributed by atoms with Gasteiger partial charge in [-0.15, -0.1) is 0 Å². The number of carbonyl (C=O) groups is 2. The lowest BCUT2D eigenvalue weighted by Gasteiger charge is -2.45. The van der Waals surface area contributed by atoms with Gasteiger partial charge in [0.15, 0.2) is 8.32 Å². The molecule has 3 heterocycles. The van der Waals surface area contributed by atoms with E-state index in [1.165, 1.54) is 12.8 Å². The first-order valence-corrected chi connectivity index (χ1v) is 26.0. The van der Waals surface area contributed by atoms with Crippen molar-refractivity contribution >= 4 is 20.3 Å². The summed E-state index contributed by atoms with van der Waals surface area (Å²) in [5.74, 6) is -0.813. The zero-order chi connectivity index (χ0) is 42.8. The SMILES string of the molecule is CCC[C@@H](C[C@@H]1CC[C@H]([C@H](C)C(=O)OCc2ccccc2)O1)OC(=O)[C@H](C)[C@H]1CC[C@@H]([C@H](C)[C@@H](O[Si](C)(C)C(C)(C)C)[C@@H](C)[C@H]2CC[C@@H](C[C@@H](CCC)N(C)C)O2)O1. The fourth-order valence-electron chi connectivity index (χ4n) is 9.14. The molecule has 1 aromatic carbocycles. The second-order valence-corrected chi connectivity index (χ2v) is 24.8. The average Bonchev–Trinajstić information content (AvgIpc) is 3.97. The van der Waals surface area contributed by atoms with Crippen LogP contribution in [0.2, 0.25) is 18.1 Å². The number of benzene rings is 1. The zero-order valence-electron chi connectivity index (χ0n) is 38.8. The van der Waals surface area contributed by atoms with Gasteiger partial charge < -0.3 is 33.0 Å². The zero-order valence-corrected chi connectivity index (χ0v) is 39.8. The highest BCUT2D eigenvalue weighted by Crippen LogP contribution is 2.43. The second-order valence-electron chi connectivity index (χ2n) is 20.0. The molecule has 3 aliphatic heterocycles. The van der Waals surface area contributed by atoms with Gasteiger partial charge in [0.2, 0.25) is 0 Å². The molecular formula is C48H83NO8Si. The van der Waals surface area contributed by atoms with Crippen molar-refractivity contribution in [1.82, 2.24) is 4.90 Å². The van der Waals surface area contributed by atoms with Crippen molar-refractivity contribution in [2.24, 2.45) is 23.7 Å². The molecule has 0 bridgehead atoms. The summed E-state index contributed by atoms with van der Waals surface area (Å²) in [7, 11) is 2.26. The molecule has 0 radical (unpaired) electrons. The molecule has 0 saturated carbocycles. The normalized spacial score (nSPS) is 27.8. The number of rotatable bonds is 22.